The average molecular weight is 469 g/mol. The maximum Gasteiger partial charge on any atom is 0.325 e. The molecule has 1 aromatic rings. The smallest absolute Gasteiger partial charge is 0.325 e. The van der Waals surface area contributed by atoms with Gasteiger partial charge in [0.1, 0.15) is 12.1 Å². The number of piperidine rings is 1. The van der Waals surface area contributed by atoms with Crippen LogP contribution in [0.15, 0.2) is 24.3 Å². The van der Waals surface area contributed by atoms with Crippen LogP contribution >= 0.6 is 0 Å². The number of imide groups is 1. The standard InChI is InChI=1S/C27H40N4O3/c1-26(2,3)21-12-14-27(15-13-21)24(33)31(25(34)28-27)19-23(32)29(4)18-20-8-10-22(11-9-20)30-16-6-5-7-17-30/h8-11,21H,5-7,12-19H2,1-4H3,(H,28,34). The van der Waals surface area contributed by atoms with E-state index in [4.69, 9.17) is 0 Å². The first kappa shape index (κ1) is 24.6. The number of hydrogen-bond donors (Lipinski definition) is 1. The second-order valence-corrected chi connectivity index (χ2v) is 11.5. The molecule has 34 heavy (non-hydrogen) atoms. The van der Waals surface area contributed by atoms with E-state index < -0.39 is 11.6 Å². The Morgan fingerprint density at radius 2 is 1.68 bits per heavy atom. The molecular formula is C27H40N4O3. The fraction of sp³-hybridized carbons (Fsp3) is 0.667. The minimum atomic E-state index is -0.831. The Balaban J connectivity index is 1.32. The van der Waals surface area contributed by atoms with Crippen LogP contribution in [-0.2, 0) is 16.1 Å². The summed E-state index contributed by atoms with van der Waals surface area (Å²) in [6.45, 7) is 9.12. The van der Waals surface area contributed by atoms with Crippen molar-refractivity contribution in [3.63, 3.8) is 0 Å². The highest BCUT2D eigenvalue weighted by molar-refractivity contribution is 6.09. The predicted molar refractivity (Wildman–Crippen MR) is 133 cm³/mol. The molecular weight excluding hydrogens is 428 g/mol. The lowest BCUT2D eigenvalue weighted by Crippen LogP contribution is -2.51. The Morgan fingerprint density at radius 1 is 1.06 bits per heavy atom. The van der Waals surface area contributed by atoms with Crippen LogP contribution in [0.25, 0.3) is 0 Å². The third kappa shape index (κ3) is 5.08. The highest BCUT2D eigenvalue weighted by atomic mass is 16.2. The van der Waals surface area contributed by atoms with Crippen molar-refractivity contribution in [1.82, 2.24) is 15.1 Å². The van der Waals surface area contributed by atoms with E-state index in [1.165, 1.54) is 24.9 Å². The molecule has 7 nitrogen and oxygen atoms in total. The Morgan fingerprint density at radius 3 is 2.26 bits per heavy atom. The summed E-state index contributed by atoms with van der Waals surface area (Å²) in [6, 6.07) is 7.92. The molecule has 2 saturated heterocycles. The van der Waals surface area contributed by atoms with Gasteiger partial charge in [-0.3, -0.25) is 14.5 Å². The largest absolute Gasteiger partial charge is 0.372 e. The number of hydrogen-bond acceptors (Lipinski definition) is 4. The lowest BCUT2D eigenvalue weighted by atomic mass is 9.67. The van der Waals surface area contributed by atoms with E-state index >= 15 is 0 Å². The van der Waals surface area contributed by atoms with Crippen LogP contribution in [0.2, 0.25) is 0 Å². The molecule has 1 saturated carbocycles. The average Bonchev–Trinajstić information content (AvgIpc) is 3.03. The van der Waals surface area contributed by atoms with Gasteiger partial charge in [0.15, 0.2) is 0 Å². The molecule has 0 unspecified atom stereocenters. The molecule has 1 aromatic carbocycles. The normalized spacial score (nSPS) is 25.6. The Hall–Kier alpha value is -2.57. The van der Waals surface area contributed by atoms with E-state index in [0.717, 1.165) is 36.4 Å². The molecule has 1 aliphatic carbocycles. The van der Waals surface area contributed by atoms with Crippen LogP contribution in [0.1, 0.15) is 71.3 Å². The molecule has 186 valence electrons. The van der Waals surface area contributed by atoms with Crippen LogP contribution in [-0.4, -0.2) is 59.9 Å². The third-order valence-corrected chi connectivity index (χ3v) is 8.11. The molecule has 7 heteroatoms. The number of rotatable bonds is 5. The summed E-state index contributed by atoms with van der Waals surface area (Å²) in [7, 11) is 1.73. The van der Waals surface area contributed by atoms with Crippen LogP contribution < -0.4 is 10.2 Å². The van der Waals surface area contributed by atoms with E-state index in [-0.39, 0.29) is 23.8 Å². The third-order valence-electron chi connectivity index (χ3n) is 8.11. The first-order valence-corrected chi connectivity index (χ1v) is 12.8. The predicted octanol–water partition coefficient (Wildman–Crippen LogP) is 4.16. The zero-order valence-corrected chi connectivity index (χ0v) is 21.2. The van der Waals surface area contributed by atoms with Gasteiger partial charge in [-0.05, 0) is 74.0 Å². The number of carbonyl (C=O) groups excluding carboxylic acids is 3. The highest BCUT2D eigenvalue weighted by Gasteiger charge is 2.53. The fourth-order valence-corrected chi connectivity index (χ4v) is 5.72. The minimum absolute atomic E-state index is 0.192. The Kier molecular flexibility index (Phi) is 6.92. The van der Waals surface area contributed by atoms with Crippen LogP contribution in [0.5, 0.6) is 0 Å². The van der Waals surface area contributed by atoms with Crippen molar-refractivity contribution in [3.05, 3.63) is 29.8 Å². The van der Waals surface area contributed by atoms with Crippen molar-refractivity contribution >= 4 is 23.5 Å². The van der Waals surface area contributed by atoms with Crippen molar-refractivity contribution in [2.24, 2.45) is 11.3 Å². The number of urea groups is 1. The first-order valence-electron chi connectivity index (χ1n) is 12.8. The van der Waals surface area contributed by atoms with Crippen LogP contribution in [0.4, 0.5) is 10.5 Å². The zero-order chi connectivity index (χ0) is 24.5. The number of nitrogens with zero attached hydrogens (tertiary/aromatic N) is 3. The van der Waals surface area contributed by atoms with Gasteiger partial charge in [0.05, 0.1) is 0 Å². The van der Waals surface area contributed by atoms with Crippen LogP contribution in [0.3, 0.4) is 0 Å². The number of benzene rings is 1. The SMILES string of the molecule is CN(Cc1ccc(N2CCCCC2)cc1)C(=O)CN1C(=O)NC2(CCC(C(C)(C)C)CC2)C1=O. The summed E-state index contributed by atoms with van der Waals surface area (Å²) in [5.74, 6) is 0.0625. The lowest BCUT2D eigenvalue weighted by Gasteiger charge is -2.40. The molecule has 0 atom stereocenters. The molecule has 3 fully saturated rings. The summed E-state index contributed by atoms with van der Waals surface area (Å²) in [5, 5.41) is 2.93. The van der Waals surface area contributed by atoms with Gasteiger partial charge in [-0.2, -0.15) is 0 Å². The molecule has 0 bridgehead atoms. The number of carbonyl (C=O) groups is 3. The number of anilines is 1. The van der Waals surface area contributed by atoms with Gasteiger partial charge in [0.2, 0.25) is 5.91 Å². The van der Waals surface area contributed by atoms with Gasteiger partial charge in [-0.1, -0.05) is 32.9 Å². The van der Waals surface area contributed by atoms with E-state index in [2.05, 4.69) is 55.3 Å². The van der Waals surface area contributed by atoms with Gasteiger partial charge in [-0.25, -0.2) is 4.79 Å². The van der Waals surface area contributed by atoms with Crippen molar-refractivity contribution < 1.29 is 14.4 Å². The fourth-order valence-electron chi connectivity index (χ4n) is 5.72. The summed E-state index contributed by atoms with van der Waals surface area (Å²) in [4.78, 5) is 43.9. The topological polar surface area (TPSA) is 73.0 Å². The maximum absolute atomic E-state index is 13.2. The summed E-state index contributed by atoms with van der Waals surface area (Å²) >= 11 is 0. The molecule has 0 radical (unpaired) electrons. The summed E-state index contributed by atoms with van der Waals surface area (Å²) < 4.78 is 0. The molecule has 4 rings (SSSR count). The van der Waals surface area contributed by atoms with Crippen molar-refractivity contribution in [1.29, 1.82) is 0 Å². The lowest BCUT2D eigenvalue weighted by molar-refractivity contribution is -0.139. The van der Waals surface area contributed by atoms with Gasteiger partial charge in [0, 0.05) is 32.4 Å². The molecule has 2 heterocycles. The maximum atomic E-state index is 13.2. The second-order valence-electron chi connectivity index (χ2n) is 11.5. The van der Waals surface area contributed by atoms with Crippen molar-refractivity contribution in [2.75, 3.05) is 31.6 Å². The molecule has 2 aliphatic heterocycles. The Labute approximate surface area is 203 Å². The van der Waals surface area contributed by atoms with E-state index in [0.29, 0.717) is 25.3 Å². The second kappa shape index (κ2) is 9.59. The quantitative estimate of drug-likeness (QED) is 0.659. The van der Waals surface area contributed by atoms with Crippen molar-refractivity contribution in [3.8, 4) is 0 Å². The zero-order valence-electron chi connectivity index (χ0n) is 21.2. The molecule has 0 aromatic heterocycles. The monoisotopic (exact) mass is 468 g/mol. The van der Waals surface area contributed by atoms with Gasteiger partial charge in [-0.15, -0.1) is 0 Å². The number of likely N-dealkylation sites (N-methyl/N-ethyl adjacent to an activating group) is 1. The van der Waals surface area contributed by atoms with Crippen molar-refractivity contribution in [2.45, 2.75) is 77.8 Å². The first-order chi connectivity index (χ1) is 16.1. The Bertz CT molecular complexity index is 907. The molecule has 3 aliphatic rings. The van der Waals surface area contributed by atoms with E-state index in [1.807, 2.05) is 0 Å². The van der Waals surface area contributed by atoms with E-state index in [9.17, 15) is 14.4 Å². The molecule has 4 amide bonds. The molecule has 1 N–H and O–H groups in total. The number of nitrogens with one attached hydrogen (secondary N) is 1. The van der Waals surface area contributed by atoms with E-state index in [1.54, 1.807) is 11.9 Å². The van der Waals surface area contributed by atoms with Gasteiger partial charge < -0.3 is 15.1 Å². The van der Waals surface area contributed by atoms with Gasteiger partial charge in [0.25, 0.3) is 5.91 Å². The van der Waals surface area contributed by atoms with Gasteiger partial charge >= 0.3 is 6.03 Å². The molecule has 1 spiro atoms. The minimum Gasteiger partial charge on any atom is -0.372 e. The van der Waals surface area contributed by atoms with Crippen LogP contribution in [0, 0.1) is 11.3 Å². The highest BCUT2D eigenvalue weighted by Crippen LogP contribution is 2.43. The summed E-state index contributed by atoms with van der Waals surface area (Å²) in [6.07, 6.45) is 6.88. The summed E-state index contributed by atoms with van der Waals surface area (Å²) in [5.41, 5.74) is 1.62. The number of amides is 4.